The average Bonchev–Trinajstić information content (AvgIpc) is 2.25. The number of rotatable bonds is 5. The minimum Gasteiger partial charge on any atom is -0.476 e. The number of aromatic nitrogens is 2. The van der Waals surface area contributed by atoms with Crippen LogP contribution >= 0.6 is 0 Å². The van der Waals surface area contributed by atoms with Gasteiger partial charge in [-0.1, -0.05) is 0 Å². The fraction of sp³-hybridized carbons (Fsp3) is 0.300. The summed E-state index contributed by atoms with van der Waals surface area (Å²) in [6, 6.07) is 0. The maximum Gasteiger partial charge on any atom is 0.356 e. The van der Waals surface area contributed by atoms with Crippen molar-refractivity contribution in [3.05, 3.63) is 18.1 Å². The number of hydrogen-bond donors (Lipinski definition) is 2. The zero-order valence-electron chi connectivity index (χ0n) is 8.10. The molecule has 0 aliphatic heterocycles. The highest BCUT2D eigenvalue weighted by molar-refractivity contribution is 5.84. The Morgan fingerprint density at radius 2 is 2.33 bits per heavy atom. The van der Waals surface area contributed by atoms with Gasteiger partial charge in [-0.25, -0.2) is 14.8 Å². The Balaban J connectivity index is 2.43. The van der Waals surface area contributed by atoms with Gasteiger partial charge in [-0.15, -0.1) is 12.3 Å². The molecule has 5 nitrogen and oxygen atoms in total. The Hall–Kier alpha value is -2.09. The van der Waals surface area contributed by atoms with Crippen LogP contribution in [0.3, 0.4) is 0 Å². The minimum atomic E-state index is -1.08. The van der Waals surface area contributed by atoms with Gasteiger partial charge in [-0.05, 0) is 6.42 Å². The van der Waals surface area contributed by atoms with E-state index in [0.29, 0.717) is 18.8 Å². The van der Waals surface area contributed by atoms with Gasteiger partial charge >= 0.3 is 5.97 Å². The first-order valence-electron chi connectivity index (χ1n) is 4.46. The molecule has 15 heavy (non-hydrogen) atoms. The highest BCUT2D eigenvalue weighted by atomic mass is 16.4. The van der Waals surface area contributed by atoms with E-state index < -0.39 is 5.97 Å². The molecule has 0 saturated heterocycles. The summed E-state index contributed by atoms with van der Waals surface area (Å²) >= 11 is 0. The normalized spacial score (nSPS) is 9.27. The second kappa shape index (κ2) is 5.60. The molecule has 1 aromatic rings. The molecule has 1 rings (SSSR count). The van der Waals surface area contributed by atoms with E-state index in [0.717, 1.165) is 6.42 Å². The molecule has 5 heteroatoms. The van der Waals surface area contributed by atoms with Crippen molar-refractivity contribution in [1.29, 1.82) is 0 Å². The van der Waals surface area contributed by atoms with E-state index in [1.165, 1.54) is 12.4 Å². The lowest BCUT2D eigenvalue weighted by Gasteiger charge is -2.02. The van der Waals surface area contributed by atoms with E-state index in [4.69, 9.17) is 11.5 Å². The third kappa shape index (κ3) is 3.65. The van der Waals surface area contributed by atoms with Crippen molar-refractivity contribution < 1.29 is 9.90 Å². The molecule has 0 spiro atoms. The van der Waals surface area contributed by atoms with E-state index in [1.807, 2.05) is 0 Å². The molecule has 0 unspecified atom stereocenters. The van der Waals surface area contributed by atoms with Gasteiger partial charge in [-0.3, -0.25) is 0 Å². The van der Waals surface area contributed by atoms with Gasteiger partial charge in [0, 0.05) is 13.0 Å². The standard InChI is InChI=1S/C10H11N3O2/c1-2-3-4-5-11-9-7-12-8(6-13-9)10(14)15/h1,6-7H,3-5H2,(H,11,13)(H,14,15). The van der Waals surface area contributed by atoms with Crippen LogP contribution in [0.2, 0.25) is 0 Å². The predicted molar refractivity (Wildman–Crippen MR) is 55.5 cm³/mol. The lowest BCUT2D eigenvalue weighted by Crippen LogP contribution is -2.06. The summed E-state index contributed by atoms with van der Waals surface area (Å²) in [7, 11) is 0. The SMILES string of the molecule is C#CCCCNc1cnc(C(=O)O)cn1. The average molecular weight is 205 g/mol. The molecule has 2 N–H and O–H groups in total. The first-order chi connectivity index (χ1) is 7.24. The highest BCUT2D eigenvalue weighted by Crippen LogP contribution is 2.01. The molecule has 0 bridgehead atoms. The van der Waals surface area contributed by atoms with Crippen molar-refractivity contribution in [1.82, 2.24) is 9.97 Å². The summed E-state index contributed by atoms with van der Waals surface area (Å²) in [5, 5.41) is 11.6. The number of carboxylic acids is 1. The molecule has 0 aliphatic rings. The minimum absolute atomic E-state index is 0.0656. The Kier molecular flexibility index (Phi) is 4.10. The van der Waals surface area contributed by atoms with Crippen molar-refractivity contribution in [3.63, 3.8) is 0 Å². The number of hydrogen-bond acceptors (Lipinski definition) is 4. The van der Waals surface area contributed by atoms with Crippen molar-refractivity contribution >= 4 is 11.8 Å². The van der Waals surface area contributed by atoms with E-state index in [1.54, 1.807) is 0 Å². The van der Waals surface area contributed by atoms with Gasteiger partial charge in [0.05, 0.1) is 12.4 Å². The summed E-state index contributed by atoms with van der Waals surface area (Å²) in [6.45, 7) is 0.700. The Bertz CT molecular complexity index is 367. The van der Waals surface area contributed by atoms with E-state index in [-0.39, 0.29) is 5.69 Å². The van der Waals surface area contributed by atoms with Crippen LogP contribution in [0.25, 0.3) is 0 Å². The number of unbranched alkanes of at least 4 members (excludes halogenated alkanes) is 1. The maximum atomic E-state index is 10.5. The number of carboxylic acid groups (broad SMARTS) is 1. The van der Waals surface area contributed by atoms with Gasteiger partial charge in [0.25, 0.3) is 0 Å². The van der Waals surface area contributed by atoms with Crippen molar-refractivity contribution in [2.75, 3.05) is 11.9 Å². The summed E-state index contributed by atoms with van der Waals surface area (Å²) in [4.78, 5) is 18.1. The molecule has 0 amide bonds. The van der Waals surface area contributed by atoms with Gasteiger partial charge in [-0.2, -0.15) is 0 Å². The summed E-state index contributed by atoms with van der Waals surface area (Å²) in [6.07, 6.45) is 9.24. The zero-order chi connectivity index (χ0) is 11.1. The van der Waals surface area contributed by atoms with Crippen molar-refractivity contribution in [2.45, 2.75) is 12.8 Å². The van der Waals surface area contributed by atoms with Gasteiger partial charge in [0.2, 0.25) is 0 Å². The number of nitrogens with zero attached hydrogens (tertiary/aromatic N) is 2. The number of anilines is 1. The molecule has 1 aromatic heterocycles. The quantitative estimate of drug-likeness (QED) is 0.554. The Morgan fingerprint density at radius 1 is 1.53 bits per heavy atom. The van der Waals surface area contributed by atoms with Crippen LogP contribution in [0, 0.1) is 12.3 Å². The van der Waals surface area contributed by atoms with E-state index >= 15 is 0 Å². The number of nitrogens with one attached hydrogen (secondary N) is 1. The molecule has 0 aromatic carbocycles. The van der Waals surface area contributed by atoms with Crippen LogP contribution in [0.1, 0.15) is 23.3 Å². The van der Waals surface area contributed by atoms with Crippen LogP contribution in [0.5, 0.6) is 0 Å². The molecule has 0 radical (unpaired) electrons. The second-order valence-electron chi connectivity index (χ2n) is 2.83. The maximum absolute atomic E-state index is 10.5. The van der Waals surface area contributed by atoms with Crippen LogP contribution in [0.4, 0.5) is 5.82 Å². The predicted octanol–water partition coefficient (Wildman–Crippen LogP) is 1.00. The smallest absolute Gasteiger partial charge is 0.356 e. The Morgan fingerprint density at radius 3 is 2.87 bits per heavy atom. The third-order valence-corrected chi connectivity index (χ3v) is 1.67. The van der Waals surface area contributed by atoms with Gasteiger partial charge < -0.3 is 10.4 Å². The zero-order valence-corrected chi connectivity index (χ0v) is 8.10. The molecule has 1 heterocycles. The molecule has 0 aliphatic carbocycles. The van der Waals surface area contributed by atoms with Crippen molar-refractivity contribution in [3.8, 4) is 12.3 Å². The van der Waals surface area contributed by atoms with Gasteiger partial charge in [0.1, 0.15) is 5.82 Å². The number of aromatic carboxylic acids is 1. The molecule has 0 atom stereocenters. The first kappa shape index (κ1) is 11.0. The molecular formula is C10H11N3O2. The topological polar surface area (TPSA) is 75.1 Å². The lowest BCUT2D eigenvalue weighted by atomic mass is 10.3. The van der Waals surface area contributed by atoms with Crippen molar-refractivity contribution in [2.24, 2.45) is 0 Å². The fourth-order valence-corrected chi connectivity index (χ4v) is 0.937. The second-order valence-corrected chi connectivity index (χ2v) is 2.83. The van der Waals surface area contributed by atoms with Crippen LogP contribution in [-0.2, 0) is 0 Å². The first-order valence-corrected chi connectivity index (χ1v) is 4.46. The number of terminal acetylenes is 1. The molecule has 0 fully saturated rings. The molecular weight excluding hydrogens is 194 g/mol. The largest absolute Gasteiger partial charge is 0.476 e. The van der Waals surface area contributed by atoms with E-state index in [2.05, 4.69) is 21.2 Å². The van der Waals surface area contributed by atoms with E-state index in [9.17, 15) is 4.79 Å². The summed E-state index contributed by atoms with van der Waals surface area (Å²) < 4.78 is 0. The monoisotopic (exact) mass is 205 g/mol. The third-order valence-electron chi connectivity index (χ3n) is 1.67. The van der Waals surface area contributed by atoms with Crippen LogP contribution in [-0.4, -0.2) is 27.6 Å². The van der Waals surface area contributed by atoms with Crippen LogP contribution < -0.4 is 5.32 Å². The molecule has 78 valence electrons. The highest BCUT2D eigenvalue weighted by Gasteiger charge is 2.03. The fourth-order valence-electron chi connectivity index (χ4n) is 0.937. The van der Waals surface area contributed by atoms with Crippen LogP contribution in [0.15, 0.2) is 12.4 Å². The molecule has 0 saturated carbocycles. The Labute approximate surface area is 87.6 Å². The summed E-state index contributed by atoms with van der Waals surface area (Å²) in [5.41, 5.74) is -0.0656. The number of carbonyl (C=O) groups is 1. The summed E-state index contributed by atoms with van der Waals surface area (Å²) in [5.74, 6) is 2.00. The van der Waals surface area contributed by atoms with Gasteiger partial charge in [0.15, 0.2) is 5.69 Å². The lowest BCUT2D eigenvalue weighted by molar-refractivity contribution is 0.0690.